The molecule has 0 fully saturated rings. The Balaban J connectivity index is 4.10. The molecule has 0 aliphatic heterocycles. The second-order valence-corrected chi connectivity index (χ2v) is 4.33. The van der Waals surface area contributed by atoms with Crippen LogP contribution in [0.15, 0.2) is 0 Å². The molecule has 0 heterocycles. The third-order valence-electron chi connectivity index (χ3n) is 2.95. The maximum absolute atomic E-state index is 11.0. The molecular weight excluding hydrogens is 204 g/mol. The van der Waals surface area contributed by atoms with Crippen molar-refractivity contribution in [3.63, 3.8) is 0 Å². The minimum atomic E-state index is -0.584. The SMILES string of the molecule is CCCCCCC([C]=O)(CC)COC(C)=O. The number of ether oxygens (including phenoxy) is 1. The number of unbranched alkanes of at least 4 members (excludes halogenated alkanes) is 3. The monoisotopic (exact) mass is 227 g/mol. The molecule has 1 radical (unpaired) electrons. The molecule has 0 aromatic carbocycles. The first-order chi connectivity index (χ1) is 7.60. The van der Waals surface area contributed by atoms with Crippen molar-refractivity contribution >= 4 is 12.3 Å². The molecule has 0 amide bonds. The molecule has 1 unspecified atom stereocenters. The minimum absolute atomic E-state index is 0.175. The van der Waals surface area contributed by atoms with Gasteiger partial charge in [-0.2, -0.15) is 0 Å². The van der Waals surface area contributed by atoms with Crippen LogP contribution in [0.4, 0.5) is 0 Å². The van der Waals surface area contributed by atoms with Crippen LogP contribution in [0.3, 0.4) is 0 Å². The van der Waals surface area contributed by atoms with E-state index in [1.165, 1.54) is 19.8 Å². The maximum atomic E-state index is 11.0. The van der Waals surface area contributed by atoms with Crippen molar-refractivity contribution in [1.82, 2.24) is 0 Å². The van der Waals surface area contributed by atoms with Crippen molar-refractivity contribution in [2.75, 3.05) is 6.61 Å². The largest absolute Gasteiger partial charge is 0.465 e. The highest BCUT2D eigenvalue weighted by Crippen LogP contribution is 2.27. The van der Waals surface area contributed by atoms with Crippen LogP contribution in [0.5, 0.6) is 0 Å². The van der Waals surface area contributed by atoms with E-state index in [9.17, 15) is 9.59 Å². The molecule has 0 spiro atoms. The fourth-order valence-corrected chi connectivity index (χ4v) is 1.63. The van der Waals surface area contributed by atoms with Gasteiger partial charge < -0.3 is 4.74 Å². The van der Waals surface area contributed by atoms with E-state index < -0.39 is 5.41 Å². The zero-order valence-corrected chi connectivity index (χ0v) is 10.7. The summed E-state index contributed by atoms with van der Waals surface area (Å²) in [6.07, 6.45) is 8.00. The fourth-order valence-electron chi connectivity index (χ4n) is 1.63. The summed E-state index contributed by atoms with van der Waals surface area (Å²) in [4.78, 5) is 21.8. The first-order valence-corrected chi connectivity index (χ1v) is 6.13. The maximum Gasteiger partial charge on any atom is 0.302 e. The van der Waals surface area contributed by atoms with Gasteiger partial charge in [-0.3, -0.25) is 9.59 Å². The van der Waals surface area contributed by atoms with Gasteiger partial charge >= 0.3 is 5.97 Å². The number of carbonyl (C=O) groups excluding carboxylic acids is 2. The van der Waals surface area contributed by atoms with Crippen molar-refractivity contribution in [1.29, 1.82) is 0 Å². The first-order valence-electron chi connectivity index (χ1n) is 6.13. The van der Waals surface area contributed by atoms with Gasteiger partial charge in [0.25, 0.3) is 0 Å². The van der Waals surface area contributed by atoms with Gasteiger partial charge in [0, 0.05) is 6.92 Å². The van der Waals surface area contributed by atoms with Gasteiger partial charge in [-0.15, -0.1) is 0 Å². The van der Waals surface area contributed by atoms with E-state index in [0.29, 0.717) is 6.42 Å². The van der Waals surface area contributed by atoms with Gasteiger partial charge in [-0.25, -0.2) is 0 Å². The Morgan fingerprint density at radius 2 is 1.94 bits per heavy atom. The molecule has 0 N–H and O–H groups in total. The van der Waals surface area contributed by atoms with E-state index in [1.54, 1.807) is 0 Å². The molecule has 0 aliphatic carbocycles. The number of hydrogen-bond donors (Lipinski definition) is 0. The predicted octanol–water partition coefficient (Wildman–Crippen LogP) is 3.03. The van der Waals surface area contributed by atoms with Gasteiger partial charge in [-0.05, 0) is 12.8 Å². The number of carbonyl (C=O) groups is 1. The summed E-state index contributed by atoms with van der Waals surface area (Å²) in [6, 6.07) is 0. The van der Waals surface area contributed by atoms with E-state index in [-0.39, 0.29) is 12.6 Å². The lowest BCUT2D eigenvalue weighted by molar-refractivity contribution is -0.143. The Morgan fingerprint density at radius 1 is 1.25 bits per heavy atom. The zero-order valence-electron chi connectivity index (χ0n) is 10.7. The molecule has 0 rings (SSSR count). The van der Waals surface area contributed by atoms with Gasteiger partial charge in [0.1, 0.15) is 6.61 Å². The van der Waals surface area contributed by atoms with Crippen LogP contribution in [-0.2, 0) is 14.3 Å². The summed E-state index contributed by atoms with van der Waals surface area (Å²) in [7, 11) is 0. The third kappa shape index (κ3) is 5.89. The van der Waals surface area contributed by atoms with E-state index in [0.717, 1.165) is 19.3 Å². The van der Waals surface area contributed by atoms with E-state index in [4.69, 9.17) is 4.74 Å². The highest BCUT2D eigenvalue weighted by atomic mass is 16.5. The Bertz CT molecular complexity index is 213. The van der Waals surface area contributed by atoms with Crippen molar-refractivity contribution in [2.24, 2.45) is 5.41 Å². The van der Waals surface area contributed by atoms with E-state index in [1.807, 2.05) is 6.92 Å². The molecule has 16 heavy (non-hydrogen) atoms. The van der Waals surface area contributed by atoms with Crippen LogP contribution >= 0.6 is 0 Å². The number of hydrogen-bond acceptors (Lipinski definition) is 3. The molecular formula is C13H23O3. The second-order valence-electron chi connectivity index (χ2n) is 4.33. The fraction of sp³-hybridized carbons (Fsp3) is 0.846. The summed E-state index contributed by atoms with van der Waals surface area (Å²) >= 11 is 0. The molecule has 3 nitrogen and oxygen atoms in total. The lowest BCUT2D eigenvalue weighted by Gasteiger charge is -2.24. The molecule has 0 aliphatic rings. The highest BCUT2D eigenvalue weighted by molar-refractivity contribution is 5.67. The summed E-state index contributed by atoms with van der Waals surface area (Å²) in [5, 5.41) is 0. The summed E-state index contributed by atoms with van der Waals surface area (Å²) in [5.41, 5.74) is -0.584. The lowest BCUT2D eigenvalue weighted by atomic mass is 9.82. The Hall–Kier alpha value is -0.860. The smallest absolute Gasteiger partial charge is 0.302 e. The molecule has 93 valence electrons. The van der Waals surface area contributed by atoms with Crippen LogP contribution in [0.2, 0.25) is 0 Å². The molecule has 1 atom stereocenters. The van der Waals surface area contributed by atoms with Crippen molar-refractivity contribution < 1.29 is 14.3 Å². The van der Waals surface area contributed by atoms with Crippen molar-refractivity contribution in [3.8, 4) is 0 Å². The first kappa shape index (κ1) is 15.1. The van der Waals surface area contributed by atoms with Crippen LogP contribution in [0.1, 0.15) is 59.3 Å². The van der Waals surface area contributed by atoms with Crippen LogP contribution in [-0.4, -0.2) is 18.9 Å². The van der Waals surface area contributed by atoms with Gasteiger partial charge in [0.2, 0.25) is 6.29 Å². The molecule has 0 saturated heterocycles. The normalized spacial score (nSPS) is 14.2. The Morgan fingerprint density at radius 3 is 2.38 bits per heavy atom. The Labute approximate surface area is 98.6 Å². The minimum Gasteiger partial charge on any atom is -0.465 e. The van der Waals surface area contributed by atoms with Crippen molar-refractivity contribution in [3.05, 3.63) is 0 Å². The average Bonchev–Trinajstić information content (AvgIpc) is 2.29. The second kappa shape index (κ2) is 8.31. The molecule has 0 saturated carbocycles. The quantitative estimate of drug-likeness (QED) is 0.449. The highest BCUT2D eigenvalue weighted by Gasteiger charge is 2.29. The summed E-state index contributed by atoms with van der Waals surface area (Å²) < 4.78 is 4.94. The predicted molar refractivity (Wildman–Crippen MR) is 63.8 cm³/mol. The molecule has 3 heteroatoms. The van der Waals surface area contributed by atoms with Gasteiger partial charge in [0.05, 0.1) is 5.41 Å². The number of rotatable bonds is 9. The van der Waals surface area contributed by atoms with Crippen LogP contribution in [0, 0.1) is 5.41 Å². The standard InChI is InChI=1S/C13H23O3/c1-4-6-7-8-9-13(5-2,10-14)11-16-12(3)15/h4-9,11H2,1-3H3. The van der Waals surface area contributed by atoms with Gasteiger partial charge in [0.15, 0.2) is 0 Å². The lowest BCUT2D eigenvalue weighted by Crippen LogP contribution is -2.29. The molecule has 0 aromatic rings. The van der Waals surface area contributed by atoms with Crippen LogP contribution in [0.25, 0.3) is 0 Å². The Kier molecular flexibility index (Phi) is 7.86. The molecule has 0 bridgehead atoms. The average molecular weight is 227 g/mol. The number of esters is 1. The van der Waals surface area contributed by atoms with Crippen molar-refractivity contribution in [2.45, 2.75) is 59.3 Å². The third-order valence-corrected chi connectivity index (χ3v) is 2.95. The van der Waals surface area contributed by atoms with E-state index >= 15 is 0 Å². The zero-order chi connectivity index (χ0) is 12.4. The van der Waals surface area contributed by atoms with Gasteiger partial charge in [-0.1, -0.05) is 39.5 Å². The van der Waals surface area contributed by atoms with E-state index in [2.05, 4.69) is 13.2 Å². The topological polar surface area (TPSA) is 43.4 Å². The molecule has 0 aromatic heterocycles. The summed E-state index contributed by atoms with van der Waals surface area (Å²) in [5.74, 6) is -0.332. The summed E-state index contributed by atoms with van der Waals surface area (Å²) in [6.45, 7) is 5.63. The van der Waals surface area contributed by atoms with Crippen LogP contribution < -0.4 is 0 Å².